The number of piperidine rings is 1. The summed E-state index contributed by atoms with van der Waals surface area (Å²) in [6.45, 7) is 3.68. The molecule has 1 aromatic rings. The van der Waals surface area contributed by atoms with Crippen molar-refractivity contribution in [1.29, 1.82) is 0 Å². The summed E-state index contributed by atoms with van der Waals surface area (Å²) in [4.78, 5) is 14.9. The molecule has 4 nitrogen and oxygen atoms in total. The van der Waals surface area contributed by atoms with Crippen molar-refractivity contribution in [3.05, 3.63) is 29.8 Å². The van der Waals surface area contributed by atoms with Gasteiger partial charge >= 0.3 is 6.09 Å². The third kappa shape index (κ3) is 2.74. The first kappa shape index (κ1) is 13.3. The molecule has 0 spiro atoms. The second-order valence-corrected chi connectivity index (χ2v) is 5.83. The molecule has 2 heterocycles. The number of benzene rings is 1. The van der Waals surface area contributed by atoms with Gasteiger partial charge in [0, 0.05) is 31.9 Å². The molecule has 2 fully saturated rings. The van der Waals surface area contributed by atoms with Crippen molar-refractivity contribution in [3.8, 4) is 0 Å². The van der Waals surface area contributed by atoms with Gasteiger partial charge in [0.25, 0.3) is 0 Å². The summed E-state index contributed by atoms with van der Waals surface area (Å²) in [7, 11) is 0. The summed E-state index contributed by atoms with van der Waals surface area (Å²) in [5, 5.41) is 8.97. The van der Waals surface area contributed by atoms with Crippen LogP contribution >= 0.6 is 0 Å². The van der Waals surface area contributed by atoms with Crippen LogP contribution < -0.4 is 4.90 Å². The number of amides is 1. The zero-order valence-electron chi connectivity index (χ0n) is 11.8. The standard InChI is InChI=1S/C16H22N2O2/c19-16(20)18-11-7-14(8-12-18)13-3-5-15(6-4-13)17-9-1-2-10-17/h3-6,14H,1-2,7-12H2,(H,19,20). The minimum absolute atomic E-state index is 0.512. The quantitative estimate of drug-likeness (QED) is 0.901. The van der Waals surface area contributed by atoms with Crippen molar-refractivity contribution in [2.45, 2.75) is 31.6 Å². The normalized spacial score (nSPS) is 20.4. The van der Waals surface area contributed by atoms with Crippen LogP contribution in [0.4, 0.5) is 10.5 Å². The third-order valence-corrected chi connectivity index (χ3v) is 4.60. The van der Waals surface area contributed by atoms with Gasteiger partial charge in [-0.2, -0.15) is 0 Å². The summed E-state index contributed by atoms with van der Waals surface area (Å²) in [6, 6.07) is 8.91. The summed E-state index contributed by atoms with van der Waals surface area (Å²) in [6.07, 6.45) is 3.70. The molecule has 4 heteroatoms. The monoisotopic (exact) mass is 274 g/mol. The molecule has 1 amide bonds. The molecule has 2 aliphatic rings. The highest BCUT2D eigenvalue weighted by Gasteiger charge is 2.23. The van der Waals surface area contributed by atoms with Crippen LogP contribution in [0.5, 0.6) is 0 Å². The maximum absolute atomic E-state index is 10.9. The van der Waals surface area contributed by atoms with E-state index in [4.69, 9.17) is 5.11 Å². The van der Waals surface area contributed by atoms with E-state index in [2.05, 4.69) is 29.2 Å². The fourth-order valence-corrected chi connectivity index (χ4v) is 3.34. The molecule has 0 atom stereocenters. The number of likely N-dealkylation sites (tertiary alicyclic amines) is 1. The molecule has 0 radical (unpaired) electrons. The SMILES string of the molecule is O=C(O)N1CCC(c2ccc(N3CCCC3)cc2)CC1. The Morgan fingerprint density at radius 3 is 2.15 bits per heavy atom. The predicted octanol–water partition coefficient (Wildman–Crippen LogP) is 3.14. The van der Waals surface area contributed by atoms with Crippen LogP contribution in [-0.4, -0.2) is 42.3 Å². The van der Waals surface area contributed by atoms with Crippen molar-refractivity contribution in [1.82, 2.24) is 4.90 Å². The fourth-order valence-electron chi connectivity index (χ4n) is 3.34. The molecule has 20 heavy (non-hydrogen) atoms. The Kier molecular flexibility index (Phi) is 3.81. The van der Waals surface area contributed by atoms with Crippen molar-refractivity contribution >= 4 is 11.8 Å². The molecule has 0 bridgehead atoms. The van der Waals surface area contributed by atoms with Crippen LogP contribution in [0, 0.1) is 0 Å². The molecule has 0 unspecified atom stereocenters. The lowest BCUT2D eigenvalue weighted by molar-refractivity contribution is 0.132. The summed E-state index contributed by atoms with van der Waals surface area (Å²) in [5.41, 5.74) is 2.69. The van der Waals surface area contributed by atoms with Gasteiger partial charge in [0.1, 0.15) is 0 Å². The van der Waals surface area contributed by atoms with E-state index < -0.39 is 6.09 Å². The maximum atomic E-state index is 10.9. The minimum Gasteiger partial charge on any atom is -0.465 e. The first-order chi connectivity index (χ1) is 9.74. The highest BCUT2D eigenvalue weighted by atomic mass is 16.4. The number of nitrogens with zero attached hydrogens (tertiary/aromatic N) is 2. The third-order valence-electron chi connectivity index (χ3n) is 4.60. The number of carbonyl (C=O) groups is 1. The number of hydrogen-bond acceptors (Lipinski definition) is 2. The van der Waals surface area contributed by atoms with Crippen molar-refractivity contribution < 1.29 is 9.90 Å². The van der Waals surface area contributed by atoms with E-state index in [1.54, 1.807) is 0 Å². The van der Waals surface area contributed by atoms with Crippen LogP contribution in [-0.2, 0) is 0 Å². The second-order valence-electron chi connectivity index (χ2n) is 5.83. The fraction of sp³-hybridized carbons (Fsp3) is 0.562. The maximum Gasteiger partial charge on any atom is 0.407 e. The Balaban J connectivity index is 1.62. The summed E-state index contributed by atoms with van der Waals surface area (Å²) >= 11 is 0. The molecule has 1 aromatic carbocycles. The smallest absolute Gasteiger partial charge is 0.407 e. The van der Waals surface area contributed by atoms with E-state index in [0.29, 0.717) is 19.0 Å². The molecule has 1 N–H and O–H groups in total. The zero-order chi connectivity index (χ0) is 13.9. The van der Waals surface area contributed by atoms with Crippen LogP contribution in [0.25, 0.3) is 0 Å². The second kappa shape index (κ2) is 5.73. The molecule has 0 aromatic heterocycles. The van der Waals surface area contributed by atoms with E-state index >= 15 is 0 Å². The average Bonchev–Trinajstić information content (AvgIpc) is 3.02. The number of hydrogen-bond donors (Lipinski definition) is 1. The first-order valence-electron chi connectivity index (χ1n) is 7.57. The lowest BCUT2D eigenvalue weighted by atomic mass is 9.89. The first-order valence-corrected chi connectivity index (χ1v) is 7.57. The van der Waals surface area contributed by atoms with Crippen LogP contribution in [0.1, 0.15) is 37.2 Å². The predicted molar refractivity (Wildman–Crippen MR) is 79.5 cm³/mol. The Bertz CT molecular complexity index is 458. The highest BCUT2D eigenvalue weighted by molar-refractivity contribution is 5.65. The van der Waals surface area contributed by atoms with Crippen molar-refractivity contribution in [2.24, 2.45) is 0 Å². The van der Waals surface area contributed by atoms with E-state index in [0.717, 1.165) is 12.8 Å². The molecule has 108 valence electrons. The zero-order valence-corrected chi connectivity index (χ0v) is 11.8. The topological polar surface area (TPSA) is 43.8 Å². The van der Waals surface area contributed by atoms with Crippen LogP contribution in [0.3, 0.4) is 0 Å². The van der Waals surface area contributed by atoms with Gasteiger partial charge in [0.15, 0.2) is 0 Å². The molecule has 0 saturated carbocycles. The molecular formula is C16H22N2O2. The van der Waals surface area contributed by atoms with E-state index in [1.165, 1.54) is 42.1 Å². The Hall–Kier alpha value is -1.71. The lowest BCUT2D eigenvalue weighted by Crippen LogP contribution is -2.36. The van der Waals surface area contributed by atoms with E-state index in [1.807, 2.05) is 0 Å². The minimum atomic E-state index is -0.784. The number of anilines is 1. The van der Waals surface area contributed by atoms with Gasteiger partial charge in [0.05, 0.1) is 0 Å². The molecule has 0 aliphatic carbocycles. The van der Waals surface area contributed by atoms with Gasteiger partial charge in [-0.05, 0) is 49.3 Å². The van der Waals surface area contributed by atoms with E-state index in [9.17, 15) is 4.79 Å². The number of carboxylic acid groups (broad SMARTS) is 1. The van der Waals surface area contributed by atoms with Gasteiger partial charge in [-0.1, -0.05) is 12.1 Å². The summed E-state index contributed by atoms with van der Waals surface area (Å²) in [5.74, 6) is 0.512. The van der Waals surface area contributed by atoms with E-state index in [-0.39, 0.29) is 0 Å². The van der Waals surface area contributed by atoms with Gasteiger partial charge in [-0.15, -0.1) is 0 Å². The molecule has 2 saturated heterocycles. The number of rotatable bonds is 2. The van der Waals surface area contributed by atoms with Gasteiger partial charge in [-0.3, -0.25) is 0 Å². The molecular weight excluding hydrogens is 252 g/mol. The molecule has 3 rings (SSSR count). The Morgan fingerprint density at radius 1 is 1.00 bits per heavy atom. The van der Waals surface area contributed by atoms with Gasteiger partial charge < -0.3 is 14.9 Å². The van der Waals surface area contributed by atoms with Gasteiger partial charge in [0.2, 0.25) is 0 Å². The van der Waals surface area contributed by atoms with Gasteiger partial charge in [-0.25, -0.2) is 4.79 Å². The molecule has 2 aliphatic heterocycles. The highest BCUT2D eigenvalue weighted by Crippen LogP contribution is 2.30. The largest absolute Gasteiger partial charge is 0.465 e. The van der Waals surface area contributed by atoms with Crippen LogP contribution in [0.2, 0.25) is 0 Å². The lowest BCUT2D eigenvalue weighted by Gasteiger charge is -2.30. The average molecular weight is 274 g/mol. The van der Waals surface area contributed by atoms with Crippen molar-refractivity contribution in [3.63, 3.8) is 0 Å². The Labute approximate surface area is 120 Å². The van der Waals surface area contributed by atoms with Crippen LogP contribution in [0.15, 0.2) is 24.3 Å². The summed E-state index contributed by atoms with van der Waals surface area (Å²) < 4.78 is 0. The Morgan fingerprint density at radius 2 is 1.60 bits per heavy atom. The van der Waals surface area contributed by atoms with Crippen molar-refractivity contribution in [2.75, 3.05) is 31.1 Å².